The number of carboxylic acid groups (broad SMARTS) is 1. The number of nitrogens with zero attached hydrogens (tertiary/aromatic N) is 1. The lowest BCUT2D eigenvalue weighted by atomic mass is 9.79. The van der Waals surface area contributed by atoms with Crippen LogP contribution in [0, 0.1) is 0 Å². The van der Waals surface area contributed by atoms with Gasteiger partial charge < -0.3 is 14.7 Å². The number of ether oxygens (including phenoxy) is 1. The second-order valence-corrected chi connectivity index (χ2v) is 8.40. The molecule has 0 saturated carbocycles. The van der Waals surface area contributed by atoms with Crippen LogP contribution in [0.15, 0.2) is 77.3 Å². The predicted molar refractivity (Wildman–Crippen MR) is 117 cm³/mol. The second kappa shape index (κ2) is 8.90. The van der Waals surface area contributed by atoms with Crippen LogP contribution in [0.3, 0.4) is 0 Å². The van der Waals surface area contributed by atoms with Crippen LogP contribution >= 0.6 is 15.9 Å². The largest absolute Gasteiger partial charge is 0.573 e. The highest BCUT2D eigenvalue weighted by Gasteiger charge is 2.44. The van der Waals surface area contributed by atoms with Gasteiger partial charge in [0, 0.05) is 15.6 Å². The highest BCUT2D eigenvalue weighted by molar-refractivity contribution is 9.10. The Morgan fingerprint density at radius 2 is 1.64 bits per heavy atom. The molecule has 1 amide bonds. The van der Waals surface area contributed by atoms with Gasteiger partial charge in [-0.3, -0.25) is 9.59 Å². The lowest BCUT2D eigenvalue weighted by Gasteiger charge is -2.41. The minimum Gasteiger partial charge on any atom is -0.481 e. The summed E-state index contributed by atoms with van der Waals surface area (Å²) >= 11 is 3.34. The number of carbonyl (C=O) groups is 2. The molecule has 9 heteroatoms. The number of carbonyl (C=O) groups excluding carboxylic acids is 1. The standard InChI is InChI=1S/C24H17BrF3NO4/c25-16-11-9-14(10-12-16)21-20(23(31)32)17-6-2-3-7-18(17)22(30)29(21)13-15-5-1-4-8-19(15)33-24(26,27)28/h1-12,20-21H,13H2,(H,31,32). The quantitative estimate of drug-likeness (QED) is 0.454. The summed E-state index contributed by atoms with van der Waals surface area (Å²) < 4.78 is 43.7. The smallest absolute Gasteiger partial charge is 0.481 e. The number of amides is 1. The van der Waals surface area contributed by atoms with Crippen molar-refractivity contribution in [3.8, 4) is 5.75 Å². The van der Waals surface area contributed by atoms with E-state index in [9.17, 15) is 27.9 Å². The van der Waals surface area contributed by atoms with Crippen LogP contribution in [0.1, 0.15) is 39.0 Å². The Bertz CT molecular complexity index is 1200. The van der Waals surface area contributed by atoms with Gasteiger partial charge in [-0.15, -0.1) is 13.2 Å². The highest BCUT2D eigenvalue weighted by Crippen LogP contribution is 2.44. The first-order chi connectivity index (χ1) is 15.7. The van der Waals surface area contributed by atoms with E-state index in [1.807, 2.05) is 0 Å². The monoisotopic (exact) mass is 519 g/mol. The number of rotatable bonds is 5. The van der Waals surface area contributed by atoms with Crippen molar-refractivity contribution in [3.63, 3.8) is 0 Å². The van der Waals surface area contributed by atoms with E-state index >= 15 is 0 Å². The Morgan fingerprint density at radius 1 is 1.00 bits per heavy atom. The Balaban J connectivity index is 1.85. The van der Waals surface area contributed by atoms with Gasteiger partial charge in [-0.05, 0) is 35.4 Å². The van der Waals surface area contributed by atoms with Crippen LogP contribution in [-0.4, -0.2) is 28.2 Å². The lowest BCUT2D eigenvalue weighted by molar-refractivity contribution is -0.275. The molecule has 1 heterocycles. The van der Waals surface area contributed by atoms with Crippen molar-refractivity contribution >= 4 is 27.8 Å². The number of para-hydroxylation sites is 1. The highest BCUT2D eigenvalue weighted by atomic mass is 79.9. The van der Waals surface area contributed by atoms with Crippen molar-refractivity contribution < 1.29 is 32.6 Å². The van der Waals surface area contributed by atoms with Crippen molar-refractivity contribution in [1.82, 2.24) is 4.90 Å². The number of hydrogen-bond acceptors (Lipinski definition) is 3. The Hall–Kier alpha value is -3.33. The fourth-order valence-corrected chi connectivity index (χ4v) is 4.37. The van der Waals surface area contributed by atoms with Crippen LogP contribution < -0.4 is 4.74 Å². The summed E-state index contributed by atoms with van der Waals surface area (Å²) in [4.78, 5) is 27.2. The summed E-state index contributed by atoms with van der Waals surface area (Å²) in [5.74, 6) is -3.18. The number of aliphatic carboxylic acids is 1. The fourth-order valence-electron chi connectivity index (χ4n) is 4.11. The molecule has 33 heavy (non-hydrogen) atoms. The number of fused-ring (bicyclic) bond motifs is 1. The number of benzene rings is 3. The third-order valence-electron chi connectivity index (χ3n) is 5.46. The van der Waals surface area contributed by atoms with Crippen molar-refractivity contribution in [2.75, 3.05) is 0 Å². The van der Waals surface area contributed by atoms with E-state index in [0.29, 0.717) is 11.1 Å². The number of hydrogen-bond donors (Lipinski definition) is 1. The fraction of sp³-hybridized carbons (Fsp3) is 0.167. The first-order valence-corrected chi connectivity index (χ1v) is 10.7. The summed E-state index contributed by atoms with van der Waals surface area (Å²) in [5.41, 5.74) is 1.21. The first kappa shape index (κ1) is 22.8. The maximum absolute atomic E-state index is 13.5. The van der Waals surface area contributed by atoms with Crippen LogP contribution in [0.25, 0.3) is 0 Å². The zero-order valence-corrected chi connectivity index (χ0v) is 18.5. The number of carboxylic acids is 1. The van der Waals surface area contributed by atoms with E-state index in [1.54, 1.807) is 42.5 Å². The molecule has 3 aromatic rings. The van der Waals surface area contributed by atoms with E-state index in [0.717, 1.165) is 10.5 Å². The molecular weight excluding hydrogens is 503 g/mol. The van der Waals surface area contributed by atoms with Gasteiger partial charge in [0.2, 0.25) is 0 Å². The molecule has 0 radical (unpaired) electrons. The van der Waals surface area contributed by atoms with Gasteiger partial charge in [0.15, 0.2) is 0 Å². The number of alkyl halides is 3. The molecule has 0 saturated heterocycles. The van der Waals surface area contributed by atoms with Crippen LogP contribution in [0.2, 0.25) is 0 Å². The van der Waals surface area contributed by atoms with Crippen molar-refractivity contribution in [1.29, 1.82) is 0 Å². The van der Waals surface area contributed by atoms with Gasteiger partial charge in [-0.2, -0.15) is 0 Å². The molecule has 2 atom stereocenters. The average Bonchev–Trinajstić information content (AvgIpc) is 2.76. The van der Waals surface area contributed by atoms with Gasteiger partial charge in [-0.1, -0.05) is 64.5 Å². The van der Waals surface area contributed by atoms with Gasteiger partial charge >= 0.3 is 12.3 Å². The molecule has 5 nitrogen and oxygen atoms in total. The molecule has 170 valence electrons. The summed E-state index contributed by atoms with van der Waals surface area (Å²) in [6, 6.07) is 17.8. The molecule has 1 aliphatic rings. The van der Waals surface area contributed by atoms with Crippen molar-refractivity contribution in [2.45, 2.75) is 24.9 Å². The van der Waals surface area contributed by atoms with Crippen molar-refractivity contribution in [3.05, 3.63) is 99.5 Å². The molecule has 0 bridgehead atoms. The molecule has 0 fully saturated rings. The first-order valence-electron chi connectivity index (χ1n) is 9.87. The zero-order chi connectivity index (χ0) is 23.8. The van der Waals surface area contributed by atoms with E-state index in [2.05, 4.69) is 20.7 Å². The molecular formula is C24H17BrF3NO4. The van der Waals surface area contributed by atoms with Crippen LogP contribution in [0.4, 0.5) is 13.2 Å². The van der Waals surface area contributed by atoms with Gasteiger partial charge in [0.25, 0.3) is 5.91 Å². The van der Waals surface area contributed by atoms with Crippen LogP contribution in [0.5, 0.6) is 5.75 Å². The number of halogens is 4. The predicted octanol–water partition coefficient (Wildman–Crippen LogP) is 5.91. The Morgan fingerprint density at radius 3 is 2.30 bits per heavy atom. The zero-order valence-electron chi connectivity index (χ0n) is 16.9. The maximum atomic E-state index is 13.5. The summed E-state index contributed by atoms with van der Waals surface area (Å²) in [5, 5.41) is 10.1. The molecule has 1 N–H and O–H groups in total. The lowest BCUT2D eigenvalue weighted by Crippen LogP contribution is -2.44. The minimum atomic E-state index is -4.91. The Labute approximate surface area is 195 Å². The second-order valence-electron chi connectivity index (χ2n) is 7.49. The molecule has 1 aliphatic heterocycles. The Kier molecular flexibility index (Phi) is 6.16. The van der Waals surface area contributed by atoms with E-state index in [4.69, 9.17) is 0 Å². The SMILES string of the molecule is O=C(O)C1c2ccccc2C(=O)N(Cc2ccccc2OC(F)(F)F)C1c1ccc(Br)cc1. The van der Waals surface area contributed by atoms with E-state index in [-0.39, 0.29) is 17.7 Å². The molecule has 3 aromatic carbocycles. The van der Waals surface area contributed by atoms with Crippen LogP contribution in [-0.2, 0) is 11.3 Å². The van der Waals surface area contributed by atoms with Gasteiger partial charge in [0.05, 0.1) is 12.6 Å². The average molecular weight is 520 g/mol. The van der Waals surface area contributed by atoms with Gasteiger partial charge in [-0.25, -0.2) is 0 Å². The summed E-state index contributed by atoms with van der Waals surface area (Å²) in [7, 11) is 0. The van der Waals surface area contributed by atoms with E-state index in [1.165, 1.54) is 29.2 Å². The third-order valence-corrected chi connectivity index (χ3v) is 5.98. The molecule has 0 aromatic heterocycles. The summed E-state index contributed by atoms with van der Waals surface area (Å²) in [6.45, 7) is -0.274. The normalized spacial score (nSPS) is 18.1. The summed E-state index contributed by atoms with van der Waals surface area (Å²) in [6.07, 6.45) is -4.91. The van der Waals surface area contributed by atoms with Gasteiger partial charge in [0.1, 0.15) is 11.7 Å². The van der Waals surface area contributed by atoms with Crippen molar-refractivity contribution in [2.24, 2.45) is 0 Å². The molecule has 0 aliphatic carbocycles. The van der Waals surface area contributed by atoms with E-state index < -0.39 is 35.9 Å². The topological polar surface area (TPSA) is 66.8 Å². The maximum Gasteiger partial charge on any atom is 0.573 e. The molecule has 4 rings (SSSR count). The molecule has 2 unspecified atom stereocenters. The molecule has 0 spiro atoms. The minimum absolute atomic E-state index is 0.105. The third kappa shape index (κ3) is 4.73.